The monoisotopic (exact) mass is 548 g/mol. The van der Waals surface area contributed by atoms with E-state index in [9.17, 15) is 40.5 Å². The second-order valence-corrected chi connectivity index (χ2v) is 9.48. The number of rotatable bonds is 7. The summed E-state index contributed by atoms with van der Waals surface area (Å²) < 4.78 is 27.4. The fourth-order valence-corrected chi connectivity index (χ4v) is 4.42. The van der Waals surface area contributed by atoms with Crippen molar-refractivity contribution in [2.75, 3.05) is 19.8 Å². The first-order valence-electron chi connectivity index (χ1n) is 12.1. The smallest absolute Gasteiger partial charge is 0.229 e. The lowest BCUT2D eigenvalue weighted by atomic mass is 9.99. The topological polar surface area (TPSA) is 209 Å². The summed E-state index contributed by atoms with van der Waals surface area (Å²) in [5.41, 5.74) is -1.21. The lowest BCUT2D eigenvalue weighted by molar-refractivity contribution is -0.277. The average Bonchev–Trinajstić information content (AvgIpc) is 3.23. The Morgan fingerprint density at radius 1 is 0.897 bits per heavy atom. The summed E-state index contributed by atoms with van der Waals surface area (Å²) in [5, 5.41) is 69.1. The highest BCUT2D eigenvalue weighted by Crippen LogP contribution is 2.30. The lowest BCUT2D eigenvalue weighted by Gasteiger charge is -2.39. The molecule has 210 valence electrons. The predicted molar refractivity (Wildman–Crippen MR) is 131 cm³/mol. The number of aliphatic hydroxyl groups excluding tert-OH is 6. The van der Waals surface area contributed by atoms with Gasteiger partial charge in [-0.1, -0.05) is 12.1 Å². The van der Waals surface area contributed by atoms with Crippen LogP contribution in [-0.4, -0.2) is 104 Å². The minimum Gasteiger partial charge on any atom is -0.463 e. The Kier molecular flexibility index (Phi) is 7.61. The molecular weight excluding hydrogens is 520 g/mol. The highest BCUT2D eigenvalue weighted by molar-refractivity contribution is 5.82. The van der Waals surface area contributed by atoms with E-state index in [-0.39, 0.29) is 34.3 Å². The number of benzene rings is 2. The number of fused-ring (bicyclic) bond motifs is 1. The first-order valence-corrected chi connectivity index (χ1v) is 12.1. The highest BCUT2D eigenvalue weighted by atomic mass is 16.7. The van der Waals surface area contributed by atoms with E-state index < -0.39 is 61.9 Å². The van der Waals surface area contributed by atoms with E-state index in [1.807, 2.05) is 0 Å². The first-order chi connectivity index (χ1) is 18.6. The molecule has 1 aromatic heterocycles. The molecule has 8 unspecified atom stereocenters. The van der Waals surface area contributed by atoms with Gasteiger partial charge in [-0.05, 0) is 29.8 Å². The fourth-order valence-electron chi connectivity index (χ4n) is 4.42. The minimum absolute atomic E-state index is 0.147. The van der Waals surface area contributed by atoms with Crippen LogP contribution in [0.3, 0.4) is 0 Å². The van der Waals surface area contributed by atoms with Crippen molar-refractivity contribution in [3.63, 3.8) is 0 Å². The summed E-state index contributed by atoms with van der Waals surface area (Å²) in [6.45, 7) is -1.58. The molecule has 0 amide bonds. The third kappa shape index (κ3) is 5.12. The Bertz CT molecular complexity index is 1360. The molecule has 0 saturated carbocycles. The quantitative estimate of drug-likeness (QED) is 0.179. The maximum Gasteiger partial charge on any atom is 0.229 e. The van der Waals surface area contributed by atoms with E-state index in [0.717, 1.165) is 0 Å². The van der Waals surface area contributed by atoms with Crippen LogP contribution in [-0.2, 0) is 9.47 Å². The van der Waals surface area contributed by atoms with Crippen molar-refractivity contribution in [3.05, 3.63) is 59.0 Å². The van der Waals surface area contributed by atoms with Gasteiger partial charge in [0.2, 0.25) is 12.6 Å². The summed E-state index contributed by atoms with van der Waals surface area (Å²) in [7, 11) is 0. The molecule has 2 saturated heterocycles. The Balaban J connectivity index is 1.31. The Morgan fingerprint density at radius 3 is 2.26 bits per heavy atom. The molecule has 39 heavy (non-hydrogen) atoms. The third-order valence-corrected chi connectivity index (χ3v) is 6.84. The van der Waals surface area contributed by atoms with Gasteiger partial charge in [0.05, 0.1) is 30.8 Å². The highest BCUT2D eigenvalue weighted by Gasteiger charge is 2.49. The van der Waals surface area contributed by atoms with Crippen molar-refractivity contribution in [1.29, 1.82) is 0 Å². The molecule has 2 fully saturated rings. The Morgan fingerprint density at radius 2 is 1.59 bits per heavy atom. The van der Waals surface area contributed by atoms with Gasteiger partial charge in [-0.3, -0.25) is 4.79 Å². The van der Waals surface area contributed by atoms with Gasteiger partial charge in [0.1, 0.15) is 59.5 Å². The molecule has 0 radical (unpaired) electrons. The van der Waals surface area contributed by atoms with Gasteiger partial charge < -0.3 is 59.1 Å². The maximum atomic E-state index is 13.2. The van der Waals surface area contributed by atoms with Gasteiger partial charge in [0, 0.05) is 6.07 Å². The molecular formula is C26H28O13. The molecule has 2 aliphatic heterocycles. The Hall–Kier alpha value is -3.11. The van der Waals surface area contributed by atoms with E-state index in [1.54, 1.807) is 24.3 Å². The molecule has 0 spiro atoms. The largest absolute Gasteiger partial charge is 0.463 e. The van der Waals surface area contributed by atoms with Gasteiger partial charge in [0.15, 0.2) is 5.43 Å². The van der Waals surface area contributed by atoms with Crippen LogP contribution in [0.5, 0.6) is 11.5 Å². The van der Waals surface area contributed by atoms with Gasteiger partial charge in [0.25, 0.3) is 0 Å². The van der Waals surface area contributed by atoms with Crippen LogP contribution in [0.1, 0.15) is 0 Å². The molecule has 3 aromatic rings. The van der Waals surface area contributed by atoms with Crippen molar-refractivity contribution in [2.45, 2.75) is 48.7 Å². The summed E-state index contributed by atoms with van der Waals surface area (Å²) in [6.07, 6.45) is -8.61. The van der Waals surface area contributed by atoms with Crippen molar-refractivity contribution in [3.8, 4) is 22.6 Å². The molecule has 8 atom stereocenters. The molecule has 2 aliphatic rings. The second-order valence-electron chi connectivity index (χ2n) is 9.48. The van der Waals surface area contributed by atoms with Crippen LogP contribution in [0, 0.1) is 0 Å². The Labute approximate surface area is 220 Å². The zero-order chi connectivity index (χ0) is 27.9. The van der Waals surface area contributed by atoms with E-state index in [2.05, 4.69) is 0 Å². The molecule has 5 rings (SSSR count). The van der Waals surface area contributed by atoms with Crippen LogP contribution in [0.4, 0.5) is 0 Å². The zero-order valence-corrected chi connectivity index (χ0v) is 20.4. The summed E-state index contributed by atoms with van der Waals surface area (Å²) in [6, 6.07) is 10.6. The minimum atomic E-state index is -1.81. The van der Waals surface area contributed by atoms with Gasteiger partial charge in [-0.25, -0.2) is 0 Å². The third-order valence-electron chi connectivity index (χ3n) is 6.84. The van der Waals surface area contributed by atoms with Crippen LogP contribution >= 0.6 is 0 Å². The summed E-state index contributed by atoms with van der Waals surface area (Å²) in [4.78, 5) is 13.2. The van der Waals surface area contributed by atoms with Crippen LogP contribution in [0.25, 0.3) is 22.1 Å². The van der Waals surface area contributed by atoms with Crippen molar-refractivity contribution in [2.24, 2.45) is 0 Å². The first kappa shape index (κ1) is 27.5. The predicted octanol–water partition coefficient (Wildman–Crippen LogP) is -1.54. The van der Waals surface area contributed by atoms with Crippen LogP contribution in [0.15, 0.2) is 57.9 Å². The lowest BCUT2D eigenvalue weighted by Crippen LogP contribution is -2.60. The van der Waals surface area contributed by atoms with Crippen molar-refractivity contribution in [1.82, 2.24) is 0 Å². The van der Waals surface area contributed by atoms with Gasteiger partial charge >= 0.3 is 0 Å². The van der Waals surface area contributed by atoms with E-state index in [4.69, 9.17) is 23.4 Å². The van der Waals surface area contributed by atoms with Crippen molar-refractivity contribution < 1.29 is 59.1 Å². The molecule has 13 heteroatoms. The van der Waals surface area contributed by atoms with Crippen molar-refractivity contribution >= 4 is 11.0 Å². The molecule has 2 aromatic carbocycles. The molecule has 13 nitrogen and oxygen atoms in total. The standard InChI is InChI=1S/C26H28O13/c27-8-18-20(30)21(31)22(32)24(39-18)38-14-5-6-15-17(7-14)35-9-16(19(15)29)12-1-3-13(4-2-12)37-25-23(33)26(34,10-28)11-36-25/h1-7,9,18,20-25,27-28,30-34H,8,10-11H2. The number of aliphatic hydroxyl groups is 7. The fraction of sp³-hybridized carbons (Fsp3) is 0.423. The molecule has 0 bridgehead atoms. The van der Waals surface area contributed by atoms with Gasteiger partial charge in [-0.15, -0.1) is 0 Å². The second kappa shape index (κ2) is 10.8. The molecule has 3 heterocycles. The molecule has 7 N–H and O–H groups in total. The zero-order valence-electron chi connectivity index (χ0n) is 20.4. The summed E-state index contributed by atoms with van der Waals surface area (Å²) >= 11 is 0. The number of hydrogen-bond acceptors (Lipinski definition) is 13. The molecule has 0 aliphatic carbocycles. The van der Waals surface area contributed by atoms with Crippen LogP contribution < -0.4 is 14.9 Å². The SMILES string of the molecule is O=c1c(-c2ccc(OC3OCC(O)(CO)C3O)cc2)coc2cc(OC3OC(CO)C(O)C(O)C3O)ccc12. The number of hydrogen-bond donors (Lipinski definition) is 7. The normalized spacial score (nSPS) is 32.8. The van der Waals surface area contributed by atoms with E-state index >= 15 is 0 Å². The maximum absolute atomic E-state index is 13.2. The van der Waals surface area contributed by atoms with Gasteiger partial charge in [-0.2, -0.15) is 0 Å². The van der Waals surface area contributed by atoms with E-state index in [1.165, 1.54) is 24.5 Å². The summed E-state index contributed by atoms with van der Waals surface area (Å²) in [5.74, 6) is 0.443. The number of ether oxygens (including phenoxy) is 4. The van der Waals surface area contributed by atoms with Crippen LogP contribution in [0.2, 0.25) is 0 Å². The average molecular weight is 548 g/mol. The van der Waals surface area contributed by atoms with E-state index in [0.29, 0.717) is 11.3 Å².